The van der Waals surface area contributed by atoms with Crippen molar-refractivity contribution in [2.45, 2.75) is 25.6 Å². The lowest BCUT2D eigenvalue weighted by atomic mass is 9.99. The smallest absolute Gasteiger partial charge is 0.416 e. The van der Waals surface area contributed by atoms with E-state index in [0.29, 0.717) is 0 Å². The van der Waals surface area contributed by atoms with Crippen molar-refractivity contribution >= 4 is 16.8 Å². The first-order chi connectivity index (χ1) is 10.8. The summed E-state index contributed by atoms with van der Waals surface area (Å²) in [6.45, 7) is 1.58. The maximum Gasteiger partial charge on any atom is 0.416 e. The Hall–Kier alpha value is -2.01. The van der Waals surface area contributed by atoms with Crippen LogP contribution in [0, 0.1) is 0 Å². The topological polar surface area (TPSA) is 26.3 Å². The number of hydrogen-bond acceptors (Lipinski definition) is 2. The van der Waals surface area contributed by atoms with Crippen molar-refractivity contribution in [2.24, 2.45) is 0 Å². The number of halogens is 4. The van der Waals surface area contributed by atoms with Crippen LogP contribution in [0.3, 0.4) is 0 Å². The molecule has 0 aromatic heterocycles. The number of rotatable bonds is 5. The highest BCUT2D eigenvalue weighted by atomic mass is 35.5. The Morgan fingerprint density at radius 3 is 2.39 bits per heavy atom. The molecular weight excluding hydrogens is 329 g/mol. The maximum atomic E-state index is 13.0. The van der Waals surface area contributed by atoms with Gasteiger partial charge >= 0.3 is 6.18 Å². The highest BCUT2D eigenvalue weighted by Gasteiger charge is 2.32. The van der Waals surface area contributed by atoms with Crippen LogP contribution in [0.1, 0.15) is 29.5 Å². The van der Waals surface area contributed by atoms with Crippen molar-refractivity contribution < 1.29 is 22.7 Å². The number of carbonyl (C=O) groups is 1. The highest BCUT2D eigenvalue weighted by Crippen LogP contribution is 2.35. The highest BCUT2D eigenvalue weighted by molar-refractivity contribution is 6.64. The summed E-state index contributed by atoms with van der Waals surface area (Å²) in [4.78, 5) is 11.2. The van der Waals surface area contributed by atoms with Gasteiger partial charge in [-0.3, -0.25) is 4.79 Å². The van der Waals surface area contributed by atoms with Gasteiger partial charge in [0, 0.05) is 0 Å². The molecule has 0 aliphatic heterocycles. The summed E-state index contributed by atoms with van der Waals surface area (Å²) in [6.07, 6.45) is -4.53. The summed E-state index contributed by atoms with van der Waals surface area (Å²) < 4.78 is 44.5. The van der Waals surface area contributed by atoms with Crippen molar-refractivity contribution in [3.8, 4) is 5.75 Å². The molecule has 0 N–H and O–H groups in total. The van der Waals surface area contributed by atoms with Gasteiger partial charge in [0.05, 0.1) is 11.5 Å². The quantitative estimate of drug-likeness (QED) is 0.702. The number of alkyl halides is 3. The van der Waals surface area contributed by atoms with E-state index in [2.05, 4.69) is 0 Å². The first-order valence-electron chi connectivity index (χ1n) is 6.85. The molecule has 0 saturated heterocycles. The van der Waals surface area contributed by atoms with Gasteiger partial charge in [-0.2, -0.15) is 13.2 Å². The van der Waals surface area contributed by atoms with Crippen LogP contribution in [0.25, 0.3) is 0 Å². The van der Waals surface area contributed by atoms with E-state index in [1.807, 2.05) is 18.2 Å². The summed E-state index contributed by atoms with van der Waals surface area (Å²) in [5.41, 5.74) is 0.124. The fraction of sp³-hybridized carbons (Fsp3) is 0.235. The summed E-state index contributed by atoms with van der Waals surface area (Å²) in [6, 6.07) is 12.3. The van der Waals surface area contributed by atoms with Crippen LogP contribution in [-0.2, 0) is 17.6 Å². The Morgan fingerprint density at radius 2 is 1.83 bits per heavy atom. The van der Waals surface area contributed by atoms with E-state index in [-0.39, 0.29) is 17.9 Å². The first kappa shape index (κ1) is 17.3. The zero-order valence-electron chi connectivity index (χ0n) is 12.2. The van der Waals surface area contributed by atoms with E-state index < -0.39 is 22.9 Å². The third-order valence-electron chi connectivity index (χ3n) is 3.34. The molecule has 0 fully saturated rings. The van der Waals surface area contributed by atoms with Crippen LogP contribution < -0.4 is 4.74 Å². The SMILES string of the molecule is CC(C(=O)Cl)c1cc(OCc2ccccc2)cc(C(F)(F)F)c1. The number of benzene rings is 2. The van der Waals surface area contributed by atoms with Crippen LogP contribution >= 0.6 is 11.6 Å². The Balaban J connectivity index is 2.30. The average Bonchev–Trinajstić information content (AvgIpc) is 2.52. The molecule has 0 radical (unpaired) electrons. The zero-order valence-corrected chi connectivity index (χ0v) is 13.0. The molecule has 6 heteroatoms. The lowest BCUT2D eigenvalue weighted by Crippen LogP contribution is -2.09. The molecule has 1 unspecified atom stereocenters. The van der Waals surface area contributed by atoms with Gasteiger partial charge in [0.2, 0.25) is 5.24 Å². The molecule has 0 aliphatic rings. The van der Waals surface area contributed by atoms with Crippen molar-refractivity contribution in [3.05, 3.63) is 65.2 Å². The molecule has 0 spiro atoms. The Bertz CT molecular complexity index is 684. The summed E-state index contributed by atoms with van der Waals surface area (Å²) in [7, 11) is 0. The van der Waals surface area contributed by atoms with Gasteiger partial charge in [-0.15, -0.1) is 0 Å². The fourth-order valence-corrected chi connectivity index (χ4v) is 2.12. The van der Waals surface area contributed by atoms with E-state index in [4.69, 9.17) is 16.3 Å². The predicted molar refractivity (Wildman–Crippen MR) is 81.5 cm³/mol. The maximum absolute atomic E-state index is 13.0. The second-order valence-corrected chi connectivity index (χ2v) is 5.46. The molecule has 0 amide bonds. The van der Waals surface area contributed by atoms with Gasteiger partial charge in [-0.25, -0.2) is 0 Å². The van der Waals surface area contributed by atoms with Gasteiger partial charge in [-0.05, 0) is 40.9 Å². The molecule has 2 aromatic carbocycles. The van der Waals surface area contributed by atoms with Crippen LogP contribution in [-0.4, -0.2) is 5.24 Å². The summed E-state index contributed by atoms with van der Waals surface area (Å²) in [5.74, 6) is -0.804. The lowest BCUT2D eigenvalue weighted by molar-refractivity contribution is -0.137. The molecule has 2 aromatic rings. The van der Waals surface area contributed by atoms with Crippen LogP contribution in [0.15, 0.2) is 48.5 Å². The lowest BCUT2D eigenvalue weighted by Gasteiger charge is -2.15. The van der Waals surface area contributed by atoms with E-state index in [0.717, 1.165) is 17.7 Å². The number of carbonyl (C=O) groups excluding carboxylic acids is 1. The van der Waals surface area contributed by atoms with Crippen molar-refractivity contribution in [2.75, 3.05) is 0 Å². The van der Waals surface area contributed by atoms with Gasteiger partial charge < -0.3 is 4.74 Å². The van der Waals surface area contributed by atoms with Gasteiger partial charge in [0.25, 0.3) is 0 Å². The molecular formula is C17H14ClF3O2. The minimum absolute atomic E-state index is 0.0449. The van der Waals surface area contributed by atoms with Gasteiger partial charge in [0.15, 0.2) is 0 Å². The number of ether oxygens (including phenoxy) is 1. The normalized spacial score (nSPS) is 12.7. The third-order valence-corrected chi connectivity index (χ3v) is 3.67. The average molecular weight is 343 g/mol. The second kappa shape index (κ2) is 7.04. The Morgan fingerprint density at radius 1 is 1.17 bits per heavy atom. The van der Waals surface area contributed by atoms with E-state index in [1.165, 1.54) is 13.0 Å². The minimum Gasteiger partial charge on any atom is -0.489 e. The molecule has 1 atom stereocenters. The molecule has 0 saturated carbocycles. The Labute approximate surface area is 136 Å². The fourth-order valence-electron chi connectivity index (χ4n) is 1.99. The monoisotopic (exact) mass is 342 g/mol. The second-order valence-electron chi connectivity index (χ2n) is 5.09. The van der Waals surface area contributed by atoms with Crippen LogP contribution in [0.4, 0.5) is 13.2 Å². The van der Waals surface area contributed by atoms with Gasteiger partial charge in [0.1, 0.15) is 12.4 Å². The van der Waals surface area contributed by atoms with Crippen molar-refractivity contribution in [1.29, 1.82) is 0 Å². The molecule has 0 bridgehead atoms. The van der Waals surface area contributed by atoms with E-state index in [9.17, 15) is 18.0 Å². The third kappa shape index (κ3) is 4.73. The van der Waals surface area contributed by atoms with Crippen molar-refractivity contribution in [1.82, 2.24) is 0 Å². The van der Waals surface area contributed by atoms with Gasteiger partial charge in [-0.1, -0.05) is 37.3 Å². The molecule has 2 nitrogen and oxygen atoms in total. The predicted octanol–water partition coefficient (Wildman–Crippen LogP) is 5.15. The van der Waals surface area contributed by atoms with E-state index >= 15 is 0 Å². The van der Waals surface area contributed by atoms with E-state index in [1.54, 1.807) is 12.1 Å². The molecule has 2 rings (SSSR count). The Kier molecular flexibility index (Phi) is 5.31. The molecule has 122 valence electrons. The van der Waals surface area contributed by atoms with Crippen molar-refractivity contribution in [3.63, 3.8) is 0 Å². The molecule has 0 heterocycles. The molecule has 0 aliphatic carbocycles. The minimum atomic E-state index is -4.53. The zero-order chi connectivity index (χ0) is 17.0. The first-order valence-corrected chi connectivity index (χ1v) is 7.23. The largest absolute Gasteiger partial charge is 0.489 e. The standard InChI is InChI=1S/C17H14ClF3O2/c1-11(16(18)22)13-7-14(17(19,20)21)9-15(8-13)23-10-12-5-3-2-4-6-12/h2-9,11H,10H2,1H3. The van der Waals surface area contributed by atoms with Crippen LogP contribution in [0.5, 0.6) is 5.75 Å². The summed E-state index contributed by atoms with van der Waals surface area (Å²) in [5, 5.41) is -0.724. The molecule has 23 heavy (non-hydrogen) atoms. The van der Waals surface area contributed by atoms with Crippen LogP contribution in [0.2, 0.25) is 0 Å². The summed E-state index contributed by atoms with van der Waals surface area (Å²) >= 11 is 5.39. The number of hydrogen-bond donors (Lipinski definition) is 0.